The molecule has 0 bridgehead atoms. The Labute approximate surface area is 224 Å². The zero-order valence-electron chi connectivity index (χ0n) is 22.9. The summed E-state index contributed by atoms with van der Waals surface area (Å²) in [5.74, 6) is -0.197. The second-order valence-corrected chi connectivity index (χ2v) is 9.70. The van der Waals surface area contributed by atoms with Crippen molar-refractivity contribution in [2.45, 2.75) is 71.7 Å². The Balaban J connectivity index is 0.00000205. The zero-order valence-corrected chi connectivity index (χ0v) is 22.9. The number of rotatable bonds is 4. The second kappa shape index (κ2) is 12.0. The van der Waals surface area contributed by atoms with E-state index in [0.717, 1.165) is 17.0 Å². The third kappa shape index (κ3) is 6.82. The number of amides is 1. The fourth-order valence-corrected chi connectivity index (χ4v) is 4.36. The van der Waals surface area contributed by atoms with Crippen molar-refractivity contribution in [1.29, 1.82) is 0 Å². The summed E-state index contributed by atoms with van der Waals surface area (Å²) in [6.45, 7) is 9.58. The molecule has 1 amide bonds. The zero-order chi connectivity index (χ0) is 29.0. The van der Waals surface area contributed by atoms with E-state index < -0.39 is 41.4 Å². The van der Waals surface area contributed by atoms with Crippen LogP contribution in [0.3, 0.4) is 0 Å². The summed E-state index contributed by atoms with van der Waals surface area (Å²) in [6, 6.07) is 1.62. The van der Waals surface area contributed by atoms with Crippen molar-refractivity contribution in [3.05, 3.63) is 52.1 Å². The lowest BCUT2D eigenvalue weighted by atomic mass is 9.90. The lowest BCUT2D eigenvalue weighted by Crippen LogP contribution is -2.42. The van der Waals surface area contributed by atoms with Gasteiger partial charge in [-0.1, -0.05) is 13.8 Å². The van der Waals surface area contributed by atoms with Gasteiger partial charge in [0.05, 0.1) is 24.9 Å². The van der Waals surface area contributed by atoms with Crippen LogP contribution in [-0.2, 0) is 17.5 Å². The summed E-state index contributed by atoms with van der Waals surface area (Å²) in [5, 5.41) is 0. The van der Waals surface area contributed by atoms with Gasteiger partial charge in [0.1, 0.15) is 17.4 Å². The Morgan fingerprint density at radius 3 is 2.28 bits per heavy atom. The number of ether oxygens (including phenoxy) is 2. The van der Waals surface area contributed by atoms with Gasteiger partial charge >= 0.3 is 12.3 Å². The molecule has 1 aliphatic rings. The highest BCUT2D eigenvalue weighted by molar-refractivity contribution is 5.80. The summed E-state index contributed by atoms with van der Waals surface area (Å²) >= 11 is 0. The molecule has 0 radical (unpaired) electrons. The first-order valence-electron chi connectivity index (χ1n) is 12.7. The van der Waals surface area contributed by atoms with Crippen molar-refractivity contribution in [2.24, 2.45) is 0 Å². The summed E-state index contributed by atoms with van der Waals surface area (Å²) < 4.78 is 52.7. The number of alkyl halides is 3. The number of methoxy groups -OCH3 is 1. The maximum absolute atomic E-state index is 13.7. The number of pyridine rings is 1. The van der Waals surface area contributed by atoms with Crippen molar-refractivity contribution in [3.63, 3.8) is 0 Å². The largest absolute Gasteiger partial charge is 0.479 e. The predicted octanol–water partition coefficient (Wildman–Crippen LogP) is 4.80. The van der Waals surface area contributed by atoms with Gasteiger partial charge in [-0.3, -0.25) is 14.3 Å². The summed E-state index contributed by atoms with van der Waals surface area (Å²) in [7, 11) is 1.35. The van der Waals surface area contributed by atoms with Crippen LogP contribution in [0.4, 0.5) is 18.0 Å². The maximum Gasteiger partial charge on any atom is 0.435 e. The molecule has 13 heteroatoms. The molecule has 1 aliphatic heterocycles. The Bertz CT molecular complexity index is 1360. The van der Waals surface area contributed by atoms with Crippen molar-refractivity contribution in [3.8, 4) is 5.88 Å². The number of nitrogens with zero attached hydrogens (tertiary/aromatic N) is 6. The van der Waals surface area contributed by atoms with Gasteiger partial charge in [-0.2, -0.15) is 18.2 Å². The molecule has 1 saturated heterocycles. The summed E-state index contributed by atoms with van der Waals surface area (Å²) in [4.78, 5) is 43.4. The molecule has 0 aromatic carbocycles. The van der Waals surface area contributed by atoms with E-state index in [2.05, 4.69) is 19.9 Å². The van der Waals surface area contributed by atoms with E-state index in [1.807, 2.05) is 13.8 Å². The molecule has 3 aromatic rings. The smallest absolute Gasteiger partial charge is 0.435 e. The molecule has 0 saturated carbocycles. The highest BCUT2D eigenvalue weighted by atomic mass is 19.4. The molecule has 0 spiro atoms. The van der Waals surface area contributed by atoms with Crippen LogP contribution in [0, 0.1) is 0 Å². The minimum absolute atomic E-state index is 0.0471. The maximum atomic E-state index is 13.7. The number of halogens is 3. The van der Waals surface area contributed by atoms with E-state index in [1.165, 1.54) is 13.4 Å². The SMILES string of the molecule is CC.COc1ncnc2cc(C3CCN(C(=O)OC(C)(C)C)CC3)c(=O)n(Cc3nccnc3C(F)(F)F)c12. The molecule has 4 heterocycles. The fourth-order valence-electron chi connectivity index (χ4n) is 4.36. The number of carbonyl (C=O) groups is 1. The third-order valence-electron chi connectivity index (χ3n) is 6.00. The molecule has 1 fully saturated rings. The monoisotopic (exact) mass is 550 g/mol. The highest BCUT2D eigenvalue weighted by Gasteiger charge is 2.36. The van der Waals surface area contributed by atoms with Gasteiger partial charge in [-0.25, -0.2) is 14.8 Å². The number of piperidine rings is 1. The first-order valence-corrected chi connectivity index (χ1v) is 12.7. The normalized spacial score (nSPS) is 14.5. The van der Waals surface area contributed by atoms with Crippen LogP contribution in [-0.4, -0.2) is 61.3 Å². The number of carbonyl (C=O) groups excluding carboxylic acids is 1. The Kier molecular flexibility index (Phi) is 9.13. The van der Waals surface area contributed by atoms with Crippen LogP contribution in [0.1, 0.15) is 70.3 Å². The second-order valence-electron chi connectivity index (χ2n) is 9.70. The fraction of sp³-hybridized carbons (Fsp3) is 0.538. The minimum atomic E-state index is -4.75. The van der Waals surface area contributed by atoms with Gasteiger partial charge in [0.25, 0.3) is 5.56 Å². The molecule has 0 unspecified atom stereocenters. The number of hydrogen-bond acceptors (Lipinski definition) is 8. The summed E-state index contributed by atoms with van der Waals surface area (Å²) in [5.41, 5.74) is -1.85. The molecule has 0 N–H and O–H groups in total. The van der Waals surface area contributed by atoms with Gasteiger partial charge < -0.3 is 14.4 Å². The van der Waals surface area contributed by atoms with Crippen LogP contribution in [0.15, 0.2) is 29.6 Å². The molecule has 4 rings (SSSR count). The van der Waals surface area contributed by atoms with Gasteiger partial charge in [0, 0.05) is 31.0 Å². The lowest BCUT2D eigenvalue weighted by molar-refractivity contribution is -0.142. The summed E-state index contributed by atoms with van der Waals surface area (Å²) in [6.07, 6.45) is -0.887. The highest BCUT2D eigenvalue weighted by Crippen LogP contribution is 2.32. The van der Waals surface area contributed by atoms with Crippen LogP contribution in [0.2, 0.25) is 0 Å². The first kappa shape index (κ1) is 29.8. The average molecular weight is 551 g/mol. The van der Waals surface area contributed by atoms with Crippen LogP contribution >= 0.6 is 0 Å². The molecule has 0 aliphatic carbocycles. The molecule has 3 aromatic heterocycles. The third-order valence-corrected chi connectivity index (χ3v) is 6.00. The quantitative estimate of drug-likeness (QED) is 0.456. The average Bonchev–Trinajstić information content (AvgIpc) is 2.89. The topological polar surface area (TPSA) is 112 Å². The van der Waals surface area contributed by atoms with Crippen molar-refractivity contribution in [1.82, 2.24) is 29.4 Å². The van der Waals surface area contributed by atoms with E-state index in [9.17, 15) is 22.8 Å². The minimum Gasteiger partial charge on any atom is -0.479 e. The number of fused-ring (bicyclic) bond motifs is 1. The van der Waals surface area contributed by atoms with E-state index in [4.69, 9.17) is 9.47 Å². The number of likely N-dealkylation sites (tertiary alicyclic amines) is 1. The van der Waals surface area contributed by atoms with Gasteiger partial charge in [0.15, 0.2) is 5.69 Å². The Morgan fingerprint density at radius 2 is 1.69 bits per heavy atom. The standard InChI is InChI=1S/C24H27F3N6O4.C2H6/c1-23(2,3)37-22(35)32-9-5-14(6-10-32)15-11-16-18(20(36-4)31-13-30-16)33(21(15)34)12-17-19(24(25,26)27)29-8-7-28-17;1-2/h7-8,11,13-14H,5-6,9-10,12H2,1-4H3;1-2H3. The Hall–Kier alpha value is -3.77. The molecule has 10 nitrogen and oxygen atoms in total. The van der Waals surface area contributed by atoms with Crippen LogP contribution in [0.5, 0.6) is 5.88 Å². The number of hydrogen-bond donors (Lipinski definition) is 0. The lowest BCUT2D eigenvalue weighted by Gasteiger charge is -2.33. The van der Waals surface area contributed by atoms with Crippen molar-refractivity contribution >= 4 is 17.1 Å². The van der Waals surface area contributed by atoms with Crippen molar-refractivity contribution < 1.29 is 27.4 Å². The van der Waals surface area contributed by atoms with Gasteiger partial charge in [-0.15, -0.1) is 0 Å². The van der Waals surface area contributed by atoms with Gasteiger partial charge in [0.2, 0.25) is 5.88 Å². The number of aromatic nitrogens is 5. The molecule has 212 valence electrons. The molecular weight excluding hydrogens is 517 g/mol. The molecular formula is C26H33F3N6O4. The van der Waals surface area contributed by atoms with Crippen LogP contribution in [0.25, 0.3) is 11.0 Å². The Morgan fingerprint density at radius 1 is 1.05 bits per heavy atom. The van der Waals surface area contributed by atoms with E-state index in [-0.39, 0.29) is 17.3 Å². The van der Waals surface area contributed by atoms with E-state index in [0.29, 0.717) is 37.0 Å². The molecule has 0 atom stereocenters. The predicted molar refractivity (Wildman–Crippen MR) is 138 cm³/mol. The van der Waals surface area contributed by atoms with Gasteiger partial charge in [-0.05, 0) is 45.6 Å². The van der Waals surface area contributed by atoms with E-state index in [1.54, 1.807) is 31.7 Å². The first-order chi connectivity index (χ1) is 18.4. The van der Waals surface area contributed by atoms with E-state index >= 15 is 0 Å². The molecule has 39 heavy (non-hydrogen) atoms. The van der Waals surface area contributed by atoms with Crippen LogP contribution < -0.4 is 10.3 Å². The van der Waals surface area contributed by atoms with Crippen molar-refractivity contribution in [2.75, 3.05) is 20.2 Å².